The van der Waals surface area contributed by atoms with Gasteiger partial charge in [-0.2, -0.15) is 10.2 Å². The molecular formula is C20H24N6O2. The molecule has 0 radical (unpaired) electrons. The number of para-hydroxylation sites is 1. The molecule has 1 aromatic carbocycles. The summed E-state index contributed by atoms with van der Waals surface area (Å²) in [7, 11) is 0. The number of amides is 1. The molecule has 1 fully saturated rings. The maximum absolute atomic E-state index is 12.9. The van der Waals surface area contributed by atoms with Gasteiger partial charge >= 0.3 is 5.69 Å². The molecule has 8 heteroatoms. The number of rotatable bonds is 4. The summed E-state index contributed by atoms with van der Waals surface area (Å²) < 4.78 is 3.39. The van der Waals surface area contributed by atoms with E-state index in [-0.39, 0.29) is 23.6 Å². The highest BCUT2D eigenvalue weighted by Crippen LogP contribution is 2.27. The van der Waals surface area contributed by atoms with Gasteiger partial charge in [0.1, 0.15) is 5.82 Å². The predicted octanol–water partition coefficient (Wildman–Crippen LogP) is 2.36. The first-order chi connectivity index (χ1) is 13.5. The number of carbonyl (C=O) groups is 1. The van der Waals surface area contributed by atoms with Gasteiger partial charge in [-0.25, -0.2) is 14.5 Å². The topological polar surface area (TPSA) is 88.8 Å². The zero-order chi connectivity index (χ0) is 19.7. The lowest BCUT2D eigenvalue weighted by atomic mass is 9.96. The average molecular weight is 380 g/mol. The van der Waals surface area contributed by atoms with Crippen LogP contribution in [0.25, 0.3) is 5.69 Å². The van der Waals surface area contributed by atoms with Gasteiger partial charge in [0.25, 0.3) is 5.91 Å². The lowest BCUT2D eigenvalue weighted by Gasteiger charge is -2.32. The largest absolute Gasteiger partial charge is 0.347 e. The molecule has 0 spiro atoms. The number of hydrogen-bond donors (Lipinski definition) is 1. The molecule has 4 rings (SSSR count). The molecule has 1 aliphatic heterocycles. The Balaban J connectivity index is 1.58. The molecule has 0 bridgehead atoms. The van der Waals surface area contributed by atoms with Crippen LogP contribution in [0.15, 0.2) is 47.5 Å². The molecule has 1 amide bonds. The second-order valence-corrected chi connectivity index (χ2v) is 7.45. The van der Waals surface area contributed by atoms with E-state index in [2.05, 4.69) is 15.3 Å². The van der Waals surface area contributed by atoms with Gasteiger partial charge in [0.05, 0.1) is 17.4 Å². The number of H-pyrrole nitrogens is 1. The maximum Gasteiger partial charge on any atom is 0.347 e. The molecule has 1 unspecified atom stereocenters. The minimum absolute atomic E-state index is 0.00278. The Labute approximate surface area is 162 Å². The molecular weight excluding hydrogens is 356 g/mol. The smallest absolute Gasteiger partial charge is 0.338 e. The van der Waals surface area contributed by atoms with E-state index in [1.54, 1.807) is 21.6 Å². The summed E-state index contributed by atoms with van der Waals surface area (Å²) in [6.45, 7) is 5.28. The van der Waals surface area contributed by atoms with Crippen LogP contribution in [0, 0.1) is 0 Å². The SMILES string of the molecule is CC(C)n1cc(C(=O)N2CCCC(c3n[nH]c(=O)n3-c3ccccc3)C2)cn1. The van der Waals surface area contributed by atoms with Gasteiger partial charge < -0.3 is 4.90 Å². The summed E-state index contributed by atoms with van der Waals surface area (Å²) in [5.74, 6) is 0.643. The second-order valence-electron chi connectivity index (χ2n) is 7.45. The third kappa shape index (κ3) is 3.37. The molecule has 2 aromatic heterocycles. The molecule has 3 heterocycles. The molecule has 1 atom stereocenters. The van der Waals surface area contributed by atoms with Crippen LogP contribution in [0.4, 0.5) is 0 Å². The number of benzene rings is 1. The summed E-state index contributed by atoms with van der Waals surface area (Å²) in [5, 5.41) is 11.1. The van der Waals surface area contributed by atoms with Crippen molar-refractivity contribution in [2.45, 2.75) is 38.6 Å². The van der Waals surface area contributed by atoms with Crippen LogP contribution in [-0.4, -0.2) is 48.4 Å². The van der Waals surface area contributed by atoms with Crippen LogP contribution >= 0.6 is 0 Å². The fraction of sp³-hybridized carbons (Fsp3) is 0.400. The van der Waals surface area contributed by atoms with Crippen molar-refractivity contribution in [2.75, 3.05) is 13.1 Å². The number of aromatic nitrogens is 5. The Morgan fingerprint density at radius 3 is 2.75 bits per heavy atom. The summed E-state index contributed by atoms with van der Waals surface area (Å²) in [6, 6.07) is 9.66. The summed E-state index contributed by atoms with van der Waals surface area (Å²) in [4.78, 5) is 27.1. The molecule has 1 saturated heterocycles. The number of aromatic amines is 1. The van der Waals surface area contributed by atoms with Crippen molar-refractivity contribution in [2.24, 2.45) is 0 Å². The Morgan fingerprint density at radius 2 is 2.04 bits per heavy atom. The maximum atomic E-state index is 12.9. The van der Waals surface area contributed by atoms with E-state index in [1.807, 2.05) is 49.1 Å². The number of nitrogens with one attached hydrogen (secondary N) is 1. The van der Waals surface area contributed by atoms with E-state index in [9.17, 15) is 9.59 Å². The zero-order valence-electron chi connectivity index (χ0n) is 16.1. The highest BCUT2D eigenvalue weighted by atomic mass is 16.2. The van der Waals surface area contributed by atoms with Gasteiger partial charge in [0, 0.05) is 31.2 Å². The number of carbonyl (C=O) groups excluding carboxylic acids is 1. The van der Waals surface area contributed by atoms with E-state index < -0.39 is 0 Å². The van der Waals surface area contributed by atoms with E-state index in [0.717, 1.165) is 18.5 Å². The second kappa shape index (κ2) is 7.46. The minimum Gasteiger partial charge on any atom is -0.338 e. The van der Waals surface area contributed by atoms with Gasteiger partial charge in [-0.05, 0) is 38.8 Å². The molecule has 0 aliphatic carbocycles. The molecule has 146 valence electrons. The standard InChI is InChI=1S/C20H24N6O2/c1-14(2)25-13-16(11-21-25)19(27)24-10-6-7-15(12-24)18-22-23-20(28)26(18)17-8-4-3-5-9-17/h3-5,8-9,11,13-15H,6-7,10,12H2,1-2H3,(H,23,28). The Kier molecular flexibility index (Phi) is 4.85. The van der Waals surface area contributed by atoms with Crippen LogP contribution in [-0.2, 0) is 0 Å². The van der Waals surface area contributed by atoms with Crippen molar-refractivity contribution in [3.8, 4) is 5.69 Å². The van der Waals surface area contributed by atoms with Gasteiger partial charge in [-0.1, -0.05) is 18.2 Å². The molecule has 0 saturated carbocycles. The lowest BCUT2D eigenvalue weighted by molar-refractivity contribution is 0.0703. The fourth-order valence-corrected chi connectivity index (χ4v) is 3.70. The Morgan fingerprint density at radius 1 is 1.25 bits per heavy atom. The van der Waals surface area contributed by atoms with Crippen LogP contribution in [0.5, 0.6) is 0 Å². The van der Waals surface area contributed by atoms with E-state index in [4.69, 9.17) is 0 Å². The van der Waals surface area contributed by atoms with Crippen LogP contribution in [0.3, 0.4) is 0 Å². The van der Waals surface area contributed by atoms with Crippen molar-refractivity contribution < 1.29 is 4.79 Å². The van der Waals surface area contributed by atoms with Crippen LogP contribution in [0.2, 0.25) is 0 Å². The monoisotopic (exact) mass is 380 g/mol. The van der Waals surface area contributed by atoms with Gasteiger partial charge in [0.2, 0.25) is 0 Å². The summed E-state index contributed by atoms with van der Waals surface area (Å²) >= 11 is 0. The van der Waals surface area contributed by atoms with Crippen LogP contribution in [0.1, 0.15) is 54.8 Å². The number of nitrogens with zero attached hydrogens (tertiary/aromatic N) is 5. The first-order valence-corrected chi connectivity index (χ1v) is 9.60. The van der Waals surface area contributed by atoms with Gasteiger partial charge in [0.15, 0.2) is 0 Å². The van der Waals surface area contributed by atoms with Gasteiger partial charge in [-0.15, -0.1) is 0 Å². The Hall–Kier alpha value is -3.16. The zero-order valence-corrected chi connectivity index (χ0v) is 16.1. The van der Waals surface area contributed by atoms with E-state index in [0.29, 0.717) is 24.5 Å². The first-order valence-electron chi connectivity index (χ1n) is 9.60. The predicted molar refractivity (Wildman–Crippen MR) is 105 cm³/mol. The van der Waals surface area contributed by atoms with Crippen molar-refractivity contribution >= 4 is 5.91 Å². The third-order valence-corrected chi connectivity index (χ3v) is 5.16. The fourth-order valence-electron chi connectivity index (χ4n) is 3.70. The molecule has 28 heavy (non-hydrogen) atoms. The van der Waals surface area contributed by atoms with Crippen LogP contribution < -0.4 is 5.69 Å². The summed E-state index contributed by atoms with van der Waals surface area (Å²) in [5.41, 5.74) is 1.11. The normalized spacial score (nSPS) is 17.2. The highest BCUT2D eigenvalue weighted by molar-refractivity contribution is 5.93. The molecule has 3 aromatic rings. The number of piperidine rings is 1. The molecule has 8 nitrogen and oxygen atoms in total. The average Bonchev–Trinajstić information content (AvgIpc) is 3.35. The first kappa shape index (κ1) is 18.2. The third-order valence-electron chi connectivity index (χ3n) is 5.16. The summed E-state index contributed by atoms with van der Waals surface area (Å²) in [6.07, 6.45) is 5.17. The minimum atomic E-state index is -0.261. The number of hydrogen-bond acceptors (Lipinski definition) is 4. The van der Waals surface area contributed by atoms with E-state index >= 15 is 0 Å². The van der Waals surface area contributed by atoms with E-state index in [1.165, 1.54) is 0 Å². The van der Waals surface area contributed by atoms with Gasteiger partial charge in [-0.3, -0.25) is 9.48 Å². The number of likely N-dealkylation sites (tertiary alicyclic amines) is 1. The quantitative estimate of drug-likeness (QED) is 0.752. The highest BCUT2D eigenvalue weighted by Gasteiger charge is 2.30. The van der Waals surface area contributed by atoms with Crippen molar-refractivity contribution in [1.82, 2.24) is 29.4 Å². The Bertz CT molecular complexity index is 1020. The molecule has 1 N–H and O–H groups in total. The lowest BCUT2D eigenvalue weighted by Crippen LogP contribution is -2.40. The molecule has 1 aliphatic rings. The van der Waals surface area contributed by atoms with Crippen molar-refractivity contribution in [3.63, 3.8) is 0 Å². The van der Waals surface area contributed by atoms with Crippen molar-refractivity contribution in [3.05, 3.63) is 64.6 Å². The van der Waals surface area contributed by atoms with Crippen molar-refractivity contribution in [1.29, 1.82) is 0 Å².